The Labute approximate surface area is 107 Å². The van der Waals surface area contributed by atoms with E-state index in [4.69, 9.17) is 5.11 Å². The van der Waals surface area contributed by atoms with E-state index in [0.29, 0.717) is 18.9 Å². The van der Waals surface area contributed by atoms with Gasteiger partial charge in [0.05, 0.1) is 0 Å². The van der Waals surface area contributed by atoms with Crippen LogP contribution in [0, 0.1) is 5.92 Å². The van der Waals surface area contributed by atoms with E-state index in [-0.39, 0.29) is 37.6 Å². The molecule has 104 valence electrons. The van der Waals surface area contributed by atoms with E-state index in [1.165, 1.54) is 0 Å². The summed E-state index contributed by atoms with van der Waals surface area (Å²) in [5, 5.41) is 13.7. The fraction of sp³-hybridized carbons (Fsp3) is 0.750. The molecular weight excluding hydrogens is 236 g/mol. The molecule has 0 atom stereocenters. The lowest BCUT2D eigenvalue weighted by molar-refractivity contribution is -0.137. The Kier molecular flexibility index (Phi) is 8.61. The van der Waals surface area contributed by atoms with Gasteiger partial charge in [0, 0.05) is 32.4 Å². The third kappa shape index (κ3) is 10.9. The van der Waals surface area contributed by atoms with E-state index in [9.17, 15) is 14.4 Å². The van der Waals surface area contributed by atoms with Crippen LogP contribution in [0.3, 0.4) is 0 Å². The van der Waals surface area contributed by atoms with Crippen LogP contribution < -0.4 is 10.6 Å². The zero-order chi connectivity index (χ0) is 14.0. The average Bonchev–Trinajstić information content (AvgIpc) is 2.25. The van der Waals surface area contributed by atoms with Crippen LogP contribution in [-0.2, 0) is 14.4 Å². The first-order chi connectivity index (χ1) is 8.41. The third-order valence-electron chi connectivity index (χ3n) is 2.18. The lowest BCUT2D eigenvalue weighted by Crippen LogP contribution is -2.32. The molecule has 18 heavy (non-hydrogen) atoms. The SMILES string of the molecule is CC(C)CNC(=O)CCNC(=O)CCCC(=O)O. The van der Waals surface area contributed by atoms with Crippen LogP contribution in [-0.4, -0.2) is 36.0 Å². The Morgan fingerprint density at radius 2 is 1.61 bits per heavy atom. The number of hydrogen-bond acceptors (Lipinski definition) is 3. The number of amides is 2. The molecule has 0 rings (SSSR count). The molecule has 0 aromatic carbocycles. The minimum atomic E-state index is -0.907. The highest BCUT2D eigenvalue weighted by molar-refractivity contribution is 5.79. The van der Waals surface area contributed by atoms with Gasteiger partial charge in [-0.2, -0.15) is 0 Å². The summed E-state index contributed by atoms with van der Waals surface area (Å²) in [6.45, 7) is 4.93. The van der Waals surface area contributed by atoms with Crippen molar-refractivity contribution in [1.82, 2.24) is 10.6 Å². The third-order valence-corrected chi connectivity index (χ3v) is 2.18. The van der Waals surface area contributed by atoms with E-state index in [1.807, 2.05) is 13.8 Å². The summed E-state index contributed by atoms with van der Waals surface area (Å²) in [7, 11) is 0. The van der Waals surface area contributed by atoms with Crippen LogP contribution in [0.5, 0.6) is 0 Å². The van der Waals surface area contributed by atoms with Crippen LogP contribution >= 0.6 is 0 Å². The summed E-state index contributed by atoms with van der Waals surface area (Å²) >= 11 is 0. The first-order valence-corrected chi connectivity index (χ1v) is 6.17. The van der Waals surface area contributed by atoms with Gasteiger partial charge < -0.3 is 15.7 Å². The first kappa shape index (κ1) is 16.4. The predicted octanol–water partition coefficient (Wildman–Crippen LogP) is 0.520. The number of nitrogens with one attached hydrogen (secondary N) is 2. The zero-order valence-corrected chi connectivity index (χ0v) is 11.0. The number of hydrogen-bond donors (Lipinski definition) is 3. The van der Waals surface area contributed by atoms with Crippen LogP contribution in [0.4, 0.5) is 0 Å². The van der Waals surface area contributed by atoms with Crippen LogP contribution in [0.25, 0.3) is 0 Å². The number of aliphatic carboxylic acids is 1. The second kappa shape index (κ2) is 9.44. The van der Waals surface area contributed by atoms with Gasteiger partial charge in [-0.05, 0) is 12.3 Å². The van der Waals surface area contributed by atoms with E-state index in [1.54, 1.807) is 0 Å². The second-order valence-corrected chi connectivity index (χ2v) is 4.55. The quantitative estimate of drug-likeness (QED) is 0.562. The maximum atomic E-state index is 11.3. The topological polar surface area (TPSA) is 95.5 Å². The molecule has 3 N–H and O–H groups in total. The highest BCUT2D eigenvalue weighted by atomic mass is 16.4. The number of carbonyl (C=O) groups excluding carboxylic acids is 2. The fourth-order valence-electron chi connectivity index (χ4n) is 1.21. The number of rotatable bonds is 9. The molecular formula is C12H22N2O4. The van der Waals surface area contributed by atoms with E-state index >= 15 is 0 Å². The normalized spacial score (nSPS) is 10.2. The Morgan fingerprint density at radius 3 is 2.17 bits per heavy atom. The molecule has 0 aliphatic rings. The average molecular weight is 258 g/mol. The summed E-state index contributed by atoms with van der Waals surface area (Å²) < 4.78 is 0. The van der Waals surface area contributed by atoms with Crippen molar-refractivity contribution in [3.8, 4) is 0 Å². The molecule has 0 unspecified atom stereocenters. The molecule has 0 fully saturated rings. The molecule has 0 aliphatic heterocycles. The van der Waals surface area contributed by atoms with Crippen molar-refractivity contribution < 1.29 is 19.5 Å². The summed E-state index contributed by atoms with van der Waals surface area (Å²) in [4.78, 5) is 32.8. The van der Waals surface area contributed by atoms with Crippen LogP contribution in [0.1, 0.15) is 39.5 Å². The van der Waals surface area contributed by atoms with Gasteiger partial charge in [-0.3, -0.25) is 14.4 Å². The molecule has 0 heterocycles. The van der Waals surface area contributed by atoms with E-state index in [2.05, 4.69) is 10.6 Å². The van der Waals surface area contributed by atoms with Gasteiger partial charge in [0.1, 0.15) is 0 Å². The van der Waals surface area contributed by atoms with E-state index in [0.717, 1.165) is 0 Å². The molecule has 6 heteroatoms. The Balaban J connectivity index is 3.50. The maximum absolute atomic E-state index is 11.3. The van der Waals surface area contributed by atoms with Crippen molar-refractivity contribution in [3.05, 3.63) is 0 Å². The van der Waals surface area contributed by atoms with Gasteiger partial charge in [-0.1, -0.05) is 13.8 Å². The zero-order valence-electron chi connectivity index (χ0n) is 11.0. The molecule has 0 radical (unpaired) electrons. The van der Waals surface area contributed by atoms with Crippen molar-refractivity contribution in [3.63, 3.8) is 0 Å². The van der Waals surface area contributed by atoms with Crippen molar-refractivity contribution in [2.24, 2.45) is 5.92 Å². The van der Waals surface area contributed by atoms with Gasteiger partial charge >= 0.3 is 5.97 Å². The lowest BCUT2D eigenvalue weighted by atomic mass is 10.2. The summed E-state index contributed by atoms with van der Waals surface area (Å²) in [5.74, 6) is -0.808. The van der Waals surface area contributed by atoms with Crippen molar-refractivity contribution in [2.45, 2.75) is 39.5 Å². The molecule has 2 amide bonds. The van der Waals surface area contributed by atoms with Gasteiger partial charge in [0.25, 0.3) is 0 Å². The fourth-order valence-corrected chi connectivity index (χ4v) is 1.21. The predicted molar refractivity (Wildman–Crippen MR) is 67.0 cm³/mol. The molecule has 0 aliphatic carbocycles. The van der Waals surface area contributed by atoms with Crippen LogP contribution in [0.15, 0.2) is 0 Å². The highest BCUT2D eigenvalue weighted by Gasteiger charge is 2.05. The summed E-state index contributed by atoms with van der Waals surface area (Å²) in [6, 6.07) is 0. The standard InChI is InChI=1S/C12H22N2O4/c1-9(2)8-14-11(16)6-7-13-10(15)4-3-5-12(17)18/h9H,3-8H2,1-2H3,(H,13,15)(H,14,16)(H,17,18). The van der Waals surface area contributed by atoms with Gasteiger partial charge in [0.2, 0.25) is 11.8 Å². The molecule has 6 nitrogen and oxygen atoms in total. The summed E-state index contributed by atoms with van der Waals surface area (Å²) in [5.41, 5.74) is 0. The highest BCUT2D eigenvalue weighted by Crippen LogP contribution is 1.95. The molecule has 0 bridgehead atoms. The lowest BCUT2D eigenvalue weighted by Gasteiger charge is -2.08. The van der Waals surface area contributed by atoms with Crippen LogP contribution in [0.2, 0.25) is 0 Å². The van der Waals surface area contributed by atoms with Crippen molar-refractivity contribution >= 4 is 17.8 Å². The van der Waals surface area contributed by atoms with Gasteiger partial charge in [0.15, 0.2) is 0 Å². The monoisotopic (exact) mass is 258 g/mol. The Morgan fingerprint density at radius 1 is 1.00 bits per heavy atom. The number of carboxylic acid groups (broad SMARTS) is 1. The smallest absolute Gasteiger partial charge is 0.303 e. The molecule has 0 saturated carbocycles. The minimum Gasteiger partial charge on any atom is -0.481 e. The number of carbonyl (C=O) groups is 3. The van der Waals surface area contributed by atoms with Crippen molar-refractivity contribution in [1.29, 1.82) is 0 Å². The van der Waals surface area contributed by atoms with Crippen molar-refractivity contribution in [2.75, 3.05) is 13.1 Å². The maximum Gasteiger partial charge on any atom is 0.303 e. The Bertz CT molecular complexity index is 290. The molecule has 0 aromatic heterocycles. The largest absolute Gasteiger partial charge is 0.481 e. The summed E-state index contributed by atoms with van der Waals surface area (Å²) in [6.07, 6.45) is 0.736. The van der Waals surface area contributed by atoms with Gasteiger partial charge in [-0.25, -0.2) is 0 Å². The minimum absolute atomic E-state index is 0.0116. The molecule has 0 aromatic rings. The molecule has 0 spiro atoms. The Hall–Kier alpha value is -1.59. The van der Waals surface area contributed by atoms with Gasteiger partial charge in [-0.15, -0.1) is 0 Å². The molecule has 0 saturated heterocycles. The second-order valence-electron chi connectivity index (χ2n) is 4.55. The number of carboxylic acids is 1. The van der Waals surface area contributed by atoms with E-state index < -0.39 is 5.97 Å². The first-order valence-electron chi connectivity index (χ1n) is 6.17.